The van der Waals surface area contributed by atoms with Crippen LogP contribution < -0.4 is 5.32 Å². The van der Waals surface area contributed by atoms with Gasteiger partial charge in [0.15, 0.2) is 0 Å². The summed E-state index contributed by atoms with van der Waals surface area (Å²) < 4.78 is 32.2. The van der Waals surface area contributed by atoms with E-state index in [-0.39, 0.29) is 78.5 Å². The Hall–Kier alpha value is -3.46. The van der Waals surface area contributed by atoms with Crippen molar-refractivity contribution in [2.45, 2.75) is 71.3 Å². The molecule has 0 spiro atoms. The van der Waals surface area contributed by atoms with Crippen LogP contribution in [-0.4, -0.2) is 195 Å². The van der Waals surface area contributed by atoms with Crippen LogP contribution in [0.1, 0.15) is 65.7 Å². The zero-order chi connectivity index (χ0) is 40.5. The summed E-state index contributed by atoms with van der Waals surface area (Å²) >= 11 is 0. The number of rotatable bonds is 33. The number of esters is 4. The number of nitrogens with zero attached hydrogens (tertiary/aromatic N) is 3. The minimum Gasteiger partial charge on any atom is -0.463 e. The SMILES string of the molecule is CC(C)(C)OC(=O)NCCC[N+](=CCCN(CCC(=O)OCCO)CCC(=O)OCCO)CCCN(CCC(=O)OCCO)CCC(=O)OCCOCO. The molecular formula is C35H65N4O15+. The van der Waals surface area contributed by atoms with Crippen molar-refractivity contribution in [1.82, 2.24) is 15.1 Å². The molecule has 0 aliphatic rings. The van der Waals surface area contributed by atoms with E-state index in [0.29, 0.717) is 78.2 Å². The summed E-state index contributed by atoms with van der Waals surface area (Å²) in [6.45, 7) is 7.53. The number of amides is 1. The molecule has 0 heterocycles. The van der Waals surface area contributed by atoms with Crippen molar-refractivity contribution in [3.8, 4) is 0 Å². The first-order chi connectivity index (χ1) is 25.8. The lowest BCUT2D eigenvalue weighted by atomic mass is 10.2. The molecule has 0 fully saturated rings. The molecule has 314 valence electrons. The van der Waals surface area contributed by atoms with Gasteiger partial charge >= 0.3 is 30.0 Å². The summed E-state index contributed by atoms with van der Waals surface area (Å²) in [6, 6.07) is 0. The van der Waals surface area contributed by atoms with Crippen LogP contribution in [0.5, 0.6) is 0 Å². The van der Waals surface area contributed by atoms with Gasteiger partial charge in [-0.2, -0.15) is 0 Å². The van der Waals surface area contributed by atoms with E-state index in [1.807, 2.05) is 16.0 Å². The van der Waals surface area contributed by atoms with Crippen molar-refractivity contribution >= 4 is 36.2 Å². The lowest BCUT2D eigenvalue weighted by Gasteiger charge is -2.21. The number of nitrogens with one attached hydrogen (secondary N) is 1. The number of hydrogen-bond donors (Lipinski definition) is 5. The van der Waals surface area contributed by atoms with Gasteiger partial charge in [0.05, 0.1) is 52.1 Å². The lowest BCUT2D eigenvalue weighted by molar-refractivity contribution is -0.525. The van der Waals surface area contributed by atoms with E-state index < -0.39 is 42.4 Å². The van der Waals surface area contributed by atoms with Crippen LogP contribution in [0.15, 0.2) is 0 Å². The Labute approximate surface area is 318 Å². The number of aliphatic hydroxyl groups is 4. The summed E-state index contributed by atoms with van der Waals surface area (Å²) in [5, 5.41) is 38.3. The molecule has 0 rings (SSSR count). The summed E-state index contributed by atoms with van der Waals surface area (Å²) in [5.41, 5.74) is -0.632. The van der Waals surface area contributed by atoms with Crippen molar-refractivity contribution in [1.29, 1.82) is 0 Å². The van der Waals surface area contributed by atoms with E-state index in [2.05, 4.69) is 9.89 Å². The van der Waals surface area contributed by atoms with Gasteiger partial charge in [0.25, 0.3) is 0 Å². The van der Waals surface area contributed by atoms with Gasteiger partial charge in [-0.25, -0.2) is 9.37 Å². The lowest BCUT2D eigenvalue weighted by Crippen LogP contribution is -2.34. The highest BCUT2D eigenvalue weighted by atomic mass is 16.6. The first kappa shape index (κ1) is 50.5. The van der Waals surface area contributed by atoms with Gasteiger partial charge in [0.1, 0.15) is 58.1 Å². The van der Waals surface area contributed by atoms with E-state index >= 15 is 0 Å². The molecule has 19 heteroatoms. The monoisotopic (exact) mass is 781 g/mol. The first-order valence-electron chi connectivity index (χ1n) is 18.5. The van der Waals surface area contributed by atoms with Gasteiger partial charge in [-0.3, -0.25) is 19.2 Å². The summed E-state index contributed by atoms with van der Waals surface area (Å²) in [7, 11) is 0. The second kappa shape index (κ2) is 32.9. The molecule has 0 aromatic carbocycles. The van der Waals surface area contributed by atoms with Crippen LogP contribution >= 0.6 is 0 Å². The van der Waals surface area contributed by atoms with Gasteiger partial charge in [0.2, 0.25) is 0 Å². The second-order valence-corrected chi connectivity index (χ2v) is 12.9. The highest BCUT2D eigenvalue weighted by molar-refractivity contribution is 5.71. The second-order valence-electron chi connectivity index (χ2n) is 12.9. The van der Waals surface area contributed by atoms with Gasteiger partial charge in [-0.05, 0) is 20.8 Å². The fraction of sp³-hybridized carbons (Fsp3) is 0.829. The van der Waals surface area contributed by atoms with Crippen molar-refractivity contribution in [2.24, 2.45) is 0 Å². The molecule has 0 atom stereocenters. The molecule has 0 bridgehead atoms. The molecule has 0 aliphatic carbocycles. The molecule has 0 radical (unpaired) electrons. The van der Waals surface area contributed by atoms with Crippen molar-refractivity contribution in [3.63, 3.8) is 0 Å². The predicted molar refractivity (Wildman–Crippen MR) is 194 cm³/mol. The molecule has 0 aliphatic heterocycles. The van der Waals surface area contributed by atoms with E-state index in [4.69, 9.17) is 48.8 Å². The Morgan fingerprint density at radius 2 is 1.06 bits per heavy atom. The Balaban J connectivity index is 5.63. The fourth-order valence-corrected chi connectivity index (χ4v) is 4.72. The number of aliphatic hydroxyl groups excluding tert-OH is 4. The first-order valence-corrected chi connectivity index (χ1v) is 18.5. The molecule has 0 unspecified atom stereocenters. The molecular weight excluding hydrogens is 716 g/mol. The van der Waals surface area contributed by atoms with Crippen LogP contribution in [0.2, 0.25) is 0 Å². The van der Waals surface area contributed by atoms with Gasteiger partial charge < -0.3 is 64.0 Å². The molecule has 54 heavy (non-hydrogen) atoms. The molecule has 19 nitrogen and oxygen atoms in total. The highest BCUT2D eigenvalue weighted by Gasteiger charge is 2.18. The number of carbonyl (C=O) groups is 5. The molecule has 0 aromatic heterocycles. The molecule has 0 saturated heterocycles. The number of carbonyl (C=O) groups excluding carboxylic acids is 5. The quantitative estimate of drug-likeness (QED) is 0.0135. The number of alkyl carbamates (subject to hydrolysis) is 1. The third-order valence-electron chi connectivity index (χ3n) is 7.22. The normalized spacial score (nSPS) is 11.8. The van der Waals surface area contributed by atoms with Crippen LogP contribution in [0.25, 0.3) is 0 Å². The van der Waals surface area contributed by atoms with Crippen LogP contribution in [0.4, 0.5) is 4.79 Å². The van der Waals surface area contributed by atoms with E-state index in [9.17, 15) is 24.0 Å². The average molecular weight is 782 g/mol. The van der Waals surface area contributed by atoms with E-state index in [1.54, 1.807) is 20.8 Å². The largest absolute Gasteiger partial charge is 0.463 e. The summed E-state index contributed by atoms with van der Waals surface area (Å²) in [6.07, 6.45) is 3.50. The Kier molecular flexibility index (Phi) is 30.8. The Morgan fingerprint density at radius 1 is 0.611 bits per heavy atom. The minimum absolute atomic E-state index is 0.000510. The Morgan fingerprint density at radius 3 is 1.50 bits per heavy atom. The summed E-state index contributed by atoms with van der Waals surface area (Å²) in [4.78, 5) is 64.6. The molecule has 0 aromatic rings. The van der Waals surface area contributed by atoms with Crippen LogP contribution in [0, 0.1) is 0 Å². The molecule has 0 saturated carbocycles. The van der Waals surface area contributed by atoms with Gasteiger partial charge in [0, 0.05) is 65.1 Å². The minimum atomic E-state index is -0.632. The van der Waals surface area contributed by atoms with E-state index in [1.165, 1.54) is 0 Å². The third kappa shape index (κ3) is 32.0. The van der Waals surface area contributed by atoms with Gasteiger partial charge in [-0.15, -0.1) is 0 Å². The Bertz CT molecular complexity index is 1050. The summed E-state index contributed by atoms with van der Waals surface area (Å²) in [5.74, 6) is -1.88. The average Bonchev–Trinajstić information content (AvgIpc) is 3.12. The standard InChI is InChI=1S/C35H64N4O15/c1-35(2,3)54-34(48)36-11-4-12-37(13-5-15-38(17-7-30(44)50-24-21-40)18-8-31(45)51-25-22-41)14-6-16-39(19-9-32(46)52-26-23-42)20-10-33(47)53-28-27-49-29-43/h13,40-43H,4-12,14-29H2,1-3H3/p+1. The smallest absolute Gasteiger partial charge is 0.407 e. The third-order valence-corrected chi connectivity index (χ3v) is 7.22. The van der Waals surface area contributed by atoms with Crippen LogP contribution in [0.3, 0.4) is 0 Å². The predicted octanol–water partition coefficient (Wildman–Crippen LogP) is -0.955. The highest BCUT2D eigenvalue weighted by Crippen LogP contribution is 2.07. The maximum atomic E-state index is 12.3. The molecule has 1 amide bonds. The van der Waals surface area contributed by atoms with Crippen molar-refractivity contribution < 1.29 is 77.4 Å². The molecule has 5 N–H and O–H groups in total. The van der Waals surface area contributed by atoms with Crippen molar-refractivity contribution in [2.75, 3.05) is 119 Å². The van der Waals surface area contributed by atoms with E-state index in [0.717, 1.165) is 0 Å². The van der Waals surface area contributed by atoms with Crippen LogP contribution in [-0.2, 0) is 47.6 Å². The number of ether oxygens (including phenoxy) is 6. The zero-order valence-electron chi connectivity index (χ0n) is 32.4. The zero-order valence-corrected chi connectivity index (χ0v) is 32.4. The topological polar surface area (TPSA) is 243 Å². The maximum absolute atomic E-state index is 12.3. The fourth-order valence-electron chi connectivity index (χ4n) is 4.72. The maximum Gasteiger partial charge on any atom is 0.407 e. The van der Waals surface area contributed by atoms with Crippen molar-refractivity contribution in [3.05, 3.63) is 0 Å². The van der Waals surface area contributed by atoms with Gasteiger partial charge in [-0.1, -0.05) is 0 Å². The number of hydrogen-bond acceptors (Lipinski definition) is 17.